The maximum absolute atomic E-state index is 12.3. The minimum absolute atomic E-state index is 0.0514. The van der Waals surface area contributed by atoms with E-state index < -0.39 is 5.91 Å². The Labute approximate surface area is 168 Å². The average Bonchev–Trinajstić information content (AvgIpc) is 2.67. The molecule has 0 fully saturated rings. The van der Waals surface area contributed by atoms with Crippen LogP contribution in [0.4, 0.5) is 11.4 Å². The van der Waals surface area contributed by atoms with Gasteiger partial charge in [-0.05, 0) is 56.3 Å². The van der Waals surface area contributed by atoms with Gasteiger partial charge in [0, 0.05) is 35.1 Å². The van der Waals surface area contributed by atoms with Crippen molar-refractivity contribution in [1.29, 1.82) is 0 Å². The molecule has 0 radical (unpaired) electrons. The lowest BCUT2D eigenvalue weighted by Gasteiger charge is -2.18. The summed E-state index contributed by atoms with van der Waals surface area (Å²) in [5, 5.41) is 6.00. The van der Waals surface area contributed by atoms with Crippen LogP contribution >= 0.6 is 11.6 Å². The topological polar surface area (TPSA) is 105 Å². The van der Waals surface area contributed by atoms with Crippen LogP contribution in [0.15, 0.2) is 42.5 Å². The molecule has 0 bridgehead atoms. The van der Waals surface area contributed by atoms with Gasteiger partial charge in [-0.25, -0.2) is 0 Å². The number of amides is 3. The summed E-state index contributed by atoms with van der Waals surface area (Å²) >= 11 is 5.93. The Bertz CT molecular complexity index is 864. The van der Waals surface area contributed by atoms with Crippen LogP contribution in [0.1, 0.15) is 34.6 Å². The van der Waals surface area contributed by atoms with Crippen LogP contribution in [0.3, 0.4) is 0 Å². The molecule has 2 aromatic carbocycles. The molecular weight excluding hydrogens is 380 g/mol. The Balaban J connectivity index is 1.98. The molecule has 0 saturated heterocycles. The maximum Gasteiger partial charge on any atom is 0.253 e. The molecule has 0 unspecified atom stereocenters. The van der Waals surface area contributed by atoms with Crippen molar-refractivity contribution < 1.29 is 14.4 Å². The first-order valence-electron chi connectivity index (χ1n) is 8.88. The van der Waals surface area contributed by atoms with E-state index in [1.165, 1.54) is 12.1 Å². The van der Waals surface area contributed by atoms with Crippen molar-refractivity contribution in [3.63, 3.8) is 0 Å². The molecule has 2 rings (SSSR count). The Morgan fingerprint density at radius 2 is 1.68 bits per heavy atom. The van der Waals surface area contributed by atoms with Crippen LogP contribution < -0.4 is 16.4 Å². The second-order valence-electron chi connectivity index (χ2n) is 6.01. The summed E-state index contributed by atoms with van der Waals surface area (Å²) in [6.07, 6.45) is 0. The van der Waals surface area contributed by atoms with Crippen molar-refractivity contribution in [2.45, 2.75) is 13.8 Å². The zero-order valence-corrected chi connectivity index (χ0v) is 16.5. The van der Waals surface area contributed by atoms with Crippen molar-refractivity contribution >= 4 is 40.7 Å². The monoisotopic (exact) mass is 402 g/mol. The van der Waals surface area contributed by atoms with Gasteiger partial charge in [0.05, 0.1) is 12.1 Å². The minimum Gasteiger partial charge on any atom is -0.375 e. The van der Waals surface area contributed by atoms with E-state index >= 15 is 0 Å². The Hall–Kier alpha value is -3.06. The number of hydrogen-bond acceptors (Lipinski definition) is 4. The molecule has 0 heterocycles. The highest BCUT2D eigenvalue weighted by Crippen LogP contribution is 2.20. The second kappa shape index (κ2) is 9.75. The zero-order chi connectivity index (χ0) is 20.7. The summed E-state index contributed by atoms with van der Waals surface area (Å²) in [5.41, 5.74) is 7.07. The highest BCUT2D eigenvalue weighted by Gasteiger charge is 2.13. The number of benzene rings is 2. The van der Waals surface area contributed by atoms with Gasteiger partial charge in [-0.15, -0.1) is 0 Å². The molecule has 3 amide bonds. The lowest BCUT2D eigenvalue weighted by Crippen LogP contribution is -2.30. The predicted octanol–water partition coefficient (Wildman–Crippen LogP) is 2.97. The molecule has 148 valence electrons. The van der Waals surface area contributed by atoms with Gasteiger partial charge in [0.2, 0.25) is 5.91 Å². The normalized spacial score (nSPS) is 10.2. The first-order chi connectivity index (χ1) is 13.3. The fraction of sp³-hybridized carbons (Fsp3) is 0.250. The fourth-order valence-corrected chi connectivity index (χ4v) is 2.82. The van der Waals surface area contributed by atoms with Crippen molar-refractivity contribution in [1.82, 2.24) is 4.90 Å². The van der Waals surface area contributed by atoms with Crippen LogP contribution in [0, 0.1) is 0 Å². The molecule has 0 spiro atoms. The van der Waals surface area contributed by atoms with Crippen molar-refractivity contribution in [2.75, 3.05) is 30.3 Å². The maximum atomic E-state index is 12.3. The number of nitrogens with two attached hydrogens (primary N) is 1. The van der Waals surface area contributed by atoms with E-state index in [0.717, 1.165) is 0 Å². The first-order valence-corrected chi connectivity index (χ1v) is 9.25. The Kier molecular flexibility index (Phi) is 7.40. The highest BCUT2D eigenvalue weighted by molar-refractivity contribution is 6.31. The third kappa shape index (κ3) is 5.47. The standard InChI is InChI=1S/C20H23ClN4O3/c1-3-25(4-2)20(28)13-5-8-15(9-6-13)24-18(26)12-23-17-11-14(21)7-10-16(17)19(22)27/h5-11,23H,3-4,12H2,1-2H3,(H2,22,27)(H,24,26). The van der Waals surface area contributed by atoms with Gasteiger partial charge in [0.1, 0.15) is 0 Å². The van der Waals surface area contributed by atoms with E-state index in [0.29, 0.717) is 35.1 Å². The molecule has 0 atom stereocenters. The van der Waals surface area contributed by atoms with Crippen molar-refractivity contribution in [2.24, 2.45) is 5.73 Å². The number of hydrogen-bond donors (Lipinski definition) is 3. The summed E-state index contributed by atoms with van der Waals surface area (Å²) in [5.74, 6) is -0.990. The number of rotatable bonds is 8. The fourth-order valence-electron chi connectivity index (χ4n) is 2.65. The Morgan fingerprint density at radius 1 is 1.04 bits per heavy atom. The summed E-state index contributed by atoms with van der Waals surface area (Å²) in [6.45, 7) is 5.03. The molecule has 0 saturated carbocycles. The van der Waals surface area contributed by atoms with Crippen LogP contribution in [0.5, 0.6) is 0 Å². The highest BCUT2D eigenvalue weighted by atomic mass is 35.5. The molecule has 0 aliphatic rings. The average molecular weight is 403 g/mol. The summed E-state index contributed by atoms with van der Waals surface area (Å²) < 4.78 is 0. The number of anilines is 2. The van der Waals surface area contributed by atoms with E-state index in [1.807, 2.05) is 13.8 Å². The number of nitrogens with one attached hydrogen (secondary N) is 2. The van der Waals surface area contributed by atoms with E-state index in [2.05, 4.69) is 10.6 Å². The number of nitrogens with zero attached hydrogens (tertiary/aromatic N) is 1. The van der Waals surface area contributed by atoms with Crippen molar-refractivity contribution in [3.05, 3.63) is 58.6 Å². The molecule has 4 N–H and O–H groups in total. The molecule has 8 heteroatoms. The van der Waals surface area contributed by atoms with E-state index in [1.54, 1.807) is 35.2 Å². The molecule has 28 heavy (non-hydrogen) atoms. The number of halogens is 1. The summed E-state index contributed by atoms with van der Waals surface area (Å²) in [7, 11) is 0. The zero-order valence-electron chi connectivity index (χ0n) is 15.8. The SMILES string of the molecule is CCN(CC)C(=O)c1ccc(NC(=O)CNc2cc(Cl)ccc2C(N)=O)cc1. The van der Waals surface area contributed by atoms with Crippen LogP contribution in [0.25, 0.3) is 0 Å². The molecule has 0 aliphatic heterocycles. The Morgan fingerprint density at radius 3 is 2.25 bits per heavy atom. The summed E-state index contributed by atoms with van der Waals surface area (Å²) in [6, 6.07) is 11.3. The molecule has 0 aromatic heterocycles. The van der Waals surface area contributed by atoms with E-state index in [4.69, 9.17) is 17.3 Å². The second-order valence-corrected chi connectivity index (χ2v) is 6.45. The molecule has 2 aromatic rings. The largest absolute Gasteiger partial charge is 0.375 e. The third-order valence-corrected chi connectivity index (χ3v) is 4.39. The van der Waals surface area contributed by atoms with E-state index in [-0.39, 0.29) is 23.9 Å². The van der Waals surface area contributed by atoms with Gasteiger partial charge < -0.3 is 21.3 Å². The predicted molar refractivity (Wildman–Crippen MR) is 111 cm³/mol. The minimum atomic E-state index is -0.618. The van der Waals surface area contributed by atoms with Gasteiger partial charge in [-0.1, -0.05) is 11.6 Å². The van der Waals surface area contributed by atoms with Gasteiger partial charge in [0.15, 0.2) is 0 Å². The molecular formula is C20H23ClN4O3. The lowest BCUT2D eigenvalue weighted by atomic mass is 10.1. The lowest BCUT2D eigenvalue weighted by molar-refractivity contribution is -0.114. The van der Waals surface area contributed by atoms with Gasteiger partial charge in [0.25, 0.3) is 11.8 Å². The third-order valence-electron chi connectivity index (χ3n) is 4.15. The first kappa shape index (κ1) is 21.2. The van der Waals surface area contributed by atoms with Gasteiger partial charge in [-0.2, -0.15) is 0 Å². The van der Waals surface area contributed by atoms with Crippen LogP contribution in [0.2, 0.25) is 5.02 Å². The molecule has 7 nitrogen and oxygen atoms in total. The van der Waals surface area contributed by atoms with Crippen molar-refractivity contribution in [3.8, 4) is 0 Å². The van der Waals surface area contributed by atoms with Gasteiger partial charge >= 0.3 is 0 Å². The van der Waals surface area contributed by atoms with Crippen LogP contribution in [-0.2, 0) is 4.79 Å². The summed E-state index contributed by atoms with van der Waals surface area (Å²) in [4.78, 5) is 37.6. The number of carbonyl (C=O) groups excluding carboxylic acids is 3. The number of primary amides is 1. The van der Waals surface area contributed by atoms with E-state index in [9.17, 15) is 14.4 Å². The molecule has 0 aliphatic carbocycles. The number of carbonyl (C=O) groups is 3. The van der Waals surface area contributed by atoms with Gasteiger partial charge in [-0.3, -0.25) is 14.4 Å². The smallest absolute Gasteiger partial charge is 0.253 e. The quantitative estimate of drug-likeness (QED) is 0.631. The van der Waals surface area contributed by atoms with Crippen LogP contribution in [-0.4, -0.2) is 42.3 Å².